The molecule has 1 aliphatic rings. The Kier molecular flexibility index (Phi) is 5.14. The van der Waals surface area contributed by atoms with Crippen LogP contribution in [0.4, 0.5) is 5.69 Å². The molecule has 0 aromatic heterocycles. The Morgan fingerprint density at radius 3 is 2.71 bits per heavy atom. The number of nitrogens with zero attached hydrogens (tertiary/aromatic N) is 1. The van der Waals surface area contributed by atoms with Crippen LogP contribution in [0.2, 0.25) is 0 Å². The van der Waals surface area contributed by atoms with E-state index in [1.165, 1.54) is 0 Å². The van der Waals surface area contributed by atoms with Crippen LogP contribution in [0.1, 0.15) is 18.1 Å². The second-order valence-corrected chi connectivity index (χ2v) is 5.61. The largest absolute Gasteiger partial charge is 0.389 e. The number of thiocarbonyl (C=S) groups is 1. The molecule has 1 heterocycles. The standard InChI is InChI=1S/C15H21N3O2S/c1-10-4-3-5-12(14(16)21)13(10)17-11(2)15(19)18-6-8-20-9-7-18/h3-5,11,17H,6-9H2,1-2H3,(H2,16,21). The number of nitrogens with one attached hydrogen (secondary N) is 1. The minimum Gasteiger partial charge on any atom is -0.389 e. The summed E-state index contributed by atoms with van der Waals surface area (Å²) in [4.78, 5) is 14.6. The number of carbonyl (C=O) groups excluding carboxylic acids is 1. The second-order valence-electron chi connectivity index (χ2n) is 5.17. The van der Waals surface area contributed by atoms with Crippen molar-refractivity contribution in [1.82, 2.24) is 4.90 Å². The highest BCUT2D eigenvalue weighted by Gasteiger charge is 2.23. The van der Waals surface area contributed by atoms with Crippen LogP contribution in [-0.4, -0.2) is 48.1 Å². The molecule has 1 amide bonds. The molecule has 1 saturated heterocycles. The molecule has 1 unspecified atom stereocenters. The predicted octanol–water partition coefficient (Wildman–Crippen LogP) is 1.29. The Balaban J connectivity index is 2.13. The molecule has 1 atom stereocenters. The van der Waals surface area contributed by atoms with E-state index in [0.29, 0.717) is 31.3 Å². The third-order valence-corrected chi connectivity index (χ3v) is 3.81. The molecular formula is C15H21N3O2S. The van der Waals surface area contributed by atoms with Gasteiger partial charge in [0.05, 0.1) is 13.2 Å². The molecular weight excluding hydrogens is 286 g/mol. The van der Waals surface area contributed by atoms with Crippen molar-refractivity contribution in [3.63, 3.8) is 0 Å². The number of benzene rings is 1. The fourth-order valence-corrected chi connectivity index (χ4v) is 2.57. The molecule has 1 aliphatic heterocycles. The van der Waals surface area contributed by atoms with Gasteiger partial charge in [0.25, 0.3) is 0 Å². The van der Waals surface area contributed by atoms with E-state index in [2.05, 4.69) is 5.32 Å². The zero-order valence-electron chi connectivity index (χ0n) is 12.4. The van der Waals surface area contributed by atoms with Gasteiger partial charge in [-0.3, -0.25) is 4.79 Å². The number of hydrogen-bond donors (Lipinski definition) is 2. The molecule has 21 heavy (non-hydrogen) atoms. The molecule has 0 bridgehead atoms. The number of carbonyl (C=O) groups is 1. The molecule has 0 saturated carbocycles. The van der Waals surface area contributed by atoms with Crippen LogP contribution in [0, 0.1) is 6.92 Å². The quantitative estimate of drug-likeness (QED) is 0.821. The summed E-state index contributed by atoms with van der Waals surface area (Å²) >= 11 is 5.08. The van der Waals surface area contributed by atoms with Gasteiger partial charge in [0.15, 0.2) is 0 Å². The van der Waals surface area contributed by atoms with Crippen LogP contribution in [0.15, 0.2) is 18.2 Å². The fraction of sp³-hybridized carbons (Fsp3) is 0.467. The Bertz CT molecular complexity index is 542. The number of ether oxygens (including phenoxy) is 1. The van der Waals surface area contributed by atoms with Crippen LogP contribution >= 0.6 is 12.2 Å². The van der Waals surface area contributed by atoms with Crippen molar-refractivity contribution in [2.24, 2.45) is 5.73 Å². The normalized spacial score (nSPS) is 16.4. The summed E-state index contributed by atoms with van der Waals surface area (Å²) in [5.74, 6) is 0.0652. The Labute approximate surface area is 130 Å². The van der Waals surface area contributed by atoms with Gasteiger partial charge in [-0.05, 0) is 25.5 Å². The topological polar surface area (TPSA) is 67.6 Å². The fourth-order valence-electron chi connectivity index (χ4n) is 2.40. The van der Waals surface area contributed by atoms with Crippen LogP contribution in [-0.2, 0) is 9.53 Å². The molecule has 1 fully saturated rings. The molecule has 0 aliphatic carbocycles. The van der Waals surface area contributed by atoms with Crippen molar-refractivity contribution < 1.29 is 9.53 Å². The number of nitrogens with two attached hydrogens (primary N) is 1. The number of aryl methyl sites for hydroxylation is 1. The van der Waals surface area contributed by atoms with Crippen LogP contribution < -0.4 is 11.1 Å². The summed E-state index contributed by atoms with van der Waals surface area (Å²) in [6.07, 6.45) is 0. The Hall–Kier alpha value is -1.66. The molecule has 0 radical (unpaired) electrons. The molecule has 0 spiro atoms. The summed E-state index contributed by atoms with van der Waals surface area (Å²) in [6, 6.07) is 5.40. The Morgan fingerprint density at radius 2 is 2.10 bits per heavy atom. The molecule has 1 aromatic carbocycles. The van der Waals surface area contributed by atoms with Crippen molar-refractivity contribution in [3.8, 4) is 0 Å². The number of morpholine rings is 1. The monoisotopic (exact) mass is 307 g/mol. The molecule has 114 valence electrons. The van der Waals surface area contributed by atoms with Gasteiger partial charge < -0.3 is 20.7 Å². The van der Waals surface area contributed by atoms with E-state index in [9.17, 15) is 4.79 Å². The molecule has 6 heteroatoms. The second kappa shape index (κ2) is 6.87. The third kappa shape index (κ3) is 3.71. The highest BCUT2D eigenvalue weighted by Crippen LogP contribution is 2.22. The number of para-hydroxylation sites is 1. The van der Waals surface area contributed by atoms with Gasteiger partial charge in [-0.2, -0.15) is 0 Å². The number of hydrogen-bond acceptors (Lipinski definition) is 4. The van der Waals surface area contributed by atoms with E-state index in [0.717, 1.165) is 16.8 Å². The lowest BCUT2D eigenvalue weighted by atomic mass is 10.1. The van der Waals surface area contributed by atoms with Crippen LogP contribution in [0.3, 0.4) is 0 Å². The first-order chi connectivity index (χ1) is 10.0. The van der Waals surface area contributed by atoms with Crippen molar-refractivity contribution in [1.29, 1.82) is 0 Å². The van der Waals surface area contributed by atoms with E-state index in [4.69, 9.17) is 22.7 Å². The Morgan fingerprint density at radius 1 is 1.43 bits per heavy atom. The SMILES string of the molecule is Cc1cccc(C(N)=S)c1NC(C)C(=O)N1CCOCC1. The van der Waals surface area contributed by atoms with E-state index in [1.54, 1.807) is 0 Å². The van der Waals surface area contributed by atoms with Gasteiger partial charge in [-0.25, -0.2) is 0 Å². The number of amides is 1. The number of anilines is 1. The van der Waals surface area contributed by atoms with Crippen LogP contribution in [0.5, 0.6) is 0 Å². The first-order valence-corrected chi connectivity index (χ1v) is 7.44. The van der Waals surface area contributed by atoms with E-state index in [1.807, 2.05) is 36.9 Å². The van der Waals surface area contributed by atoms with Gasteiger partial charge in [-0.1, -0.05) is 24.4 Å². The first kappa shape index (κ1) is 15.7. The number of rotatable bonds is 4. The van der Waals surface area contributed by atoms with Crippen LogP contribution in [0.25, 0.3) is 0 Å². The molecule has 5 nitrogen and oxygen atoms in total. The zero-order chi connectivity index (χ0) is 15.4. The summed E-state index contributed by atoms with van der Waals surface area (Å²) in [5.41, 5.74) is 8.38. The maximum Gasteiger partial charge on any atom is 0.244 e. The van der Waals surface area contributed by atoms with Crippen molar-refractivity contribution in [2.45, 2.75) is 19.9 Å². The lowest BCUT2D eigenvalue weighted by Crippen LogP contribution is -2.47. The van der Waals surface area contributed by atoms with E-state index < -0.39 is 0 Å². The van der Waals surface area contributed by atoms with Gasteiger partial charge in [0.1, 0.15) is 11.0 Å². The predicted molar refractivity (Wildman–Crippen MR) is 87.6 cm³/mol. The summed E-state index contributed by atoms with van der Waals surface area (Å²) in [6.45, 7) is 6.30. The van der Waals surface area contributed by atoms with Gasteiger partial charge in [-0.15, -0.1) is 0 Å². The van der Waals surface area contributed by atoms with E-state index in [-0.39, 0.29) is 11.9 Å². The first-order valence-electron chi connectivity index (χ1n) is 7.03. The minimum atomic E-state index is -0.336. The summed E-state index contributed by atoms with van der Waals surface area (Å²) in [7, 11) is 0. The highest BCUT2D eigenvalue weighted by molar-refractivity contribution is 7.80. The van der Waals surface area contributed by atoms with Gasteiger partial charge in [0, 0.05) is 24.3 Å². The maximum atomic E-state index is 12.4. The van der Waals surface area contributed by atoms with Crippen molar-refractivity contribution >= 4 is 28.8 Å². The molecule has 1 aromatic rings. The van der Waals surface area contributed by atoms with Gasteiger partial charge in [0.2, 0.25) is 5.91 Å². The molecule has 3 N–H and O–H groups in total. The van der Waals surface area contributed by atoms with Crippen molar-refractivity contribution in [2.75, 3.05) is 31.6 Å². The zero-order valence-corrected chi connectivity index (χ0v) is 13.2. The summed E-state index contributed by atoms with van der Waals surface area (Å²) < 4.78 is 5.27. The lowest BCUT2D eigenvalue weighted by Gasteiger charge is -2.30. The van der Waals surface area contributed by atoms with E-state index >= 15 is 0 Å². The van der Waals surface area contributed by atoms with Gasteiger partial charge >= 0.3 is 0 Å². The average molecular weight is 307 g/mol. The third-order valence-electron chi connectivity index (χ3n) is 3.59. The average Bonchev–Trinajstić information content (AvgIpc) is 2.49. The minimum absolute atomic E-state index is 0.0652. The maximum absolute atomic E-state index is 12.4. The lowest BCUT2D eigenvalue weighted by molar-refractivity contribution is -0.135. The summed E-state index contributed by atoms with van der Waals surface area (Å²) in [5, 5.41) is 3.26. The highest BCUT2D eigenvalue weighted by atomic mass is 32.1. The smallest absolute Gasteiger partial charge is 0.244 e. The molecule has 2 rings (SSSR count). The van der Waals surface area contributed by atoms with Crippen molar-refractivity contribution in [3.05, 3.63) is 29.3 Å².